The van der Waals surface area contributed by atoms with E-state index < -0.39 is 0 Å². The van der Waals surface area contributed by atoms with E-state index >= 15 is 0 Å². The van der Waals surface area contributed by atoms with Gasteiger partial charge in [-0.1, -0.05) is 31.2 Å². The largest absolute Gasteiger partial charge is 0.376 e. The minimum atomic E-state index is -0.0475. The minimum Gasteiger partial charge on any atom is -0.376 e. The smallest absolute Gasteiger partial charge is 0.258 e. The highest BCUT2D eigenvalue weighted by Crippen LogP contribution is 2.19. The van der Waals surface area contributed by atoms with Crippen LogP contribution in [-0.4, -0.2) is 42.9 Å². The van der Waals surface area contributed by atoms with Gasteiger partial charge in [-0.2, -0.15) is 0 Å². The summed E-state index contributed by atoms with van der Waals surface area (Å²) in [4.78, 5) is 29.1. The number of carbonyl (C=O) groups is 2. The van der Waals surface area contributed by atoms with Crippen LogP contribution in [0.3, 0.4) is 0 Å². The van der Waals surface area contributed by atoms with Crippen molar-refractivity contribution in [3.8, 4) is 0 Å². The fourth-order valence-electron chi connectivity index (χ4n) is 3.52. The number of rotatable bonds is 6. The lowest BCUT2D eigenvalue weighted by Crippen LogP contribution is -2.40. The standard InChI is InChI=1S/C23H29N3O2/c1-3-26(21-10-5-4-6-11-21)23(28)19-8-7-9-20(16-19)24-17-22(27)25-14-12-18(2)13-15-25/h4-11,16,18,24H,3,12-15,17H2,1-2H3. The van der Waals surface area contributed by atoms with Crippen LogP contribution < -0.4 is 10.2 Å². The van der Waals surface area contributed by atoms with E-state index in [1.165, 1.54) is 0 Å². The summed E-state index contributed by atoms with van der Waals surface area (Å²) in [6.45, 7) is 6.71. The van der Waals surface area contributed by atoms with Crippen LogP contribution in [0.15, 0.2) is 54.6 Å². The Balaban J connectivity index is 1.63. The zero-order chi connectivity index (χ0) is 19.9. The maximum atomic E-state index is 13.0. The highest BCUT2D eigenvalue weighted by atomic mass is 16.2. The van der Waals surface area contributed by atoms with Gasteiger partial charge in [0, 0.05) is 36.6 Å². The summed E-state index contributed by atoms with van der Waals surface area (Å²) in [5.41, 5.74) is 2.27. The van der Waals surface area contributed by atoms with Crippen LogP contribution in [0.25, 0.3) is 0 Å². The van der Waals surface area contributed by atoms with Crippen molar-refractivity contribution in [2.45, 2.75) is 26.7 Å². The molecule has 0 aliphatic carbocycles. The van der Waals surface area contributed by atoms with Gasteiger partial charge in [-0.15, -0.1) is 0 Å². The second kappa shape index (κ2) is 9.40. The van der Waals surface area contributed by atoms with Crippen molar-refractivity contribution >= 4 is 23.2 Å². The van der Waals surface area contributed by atoms with Crippen molar-refractivity contribution in [3.63, 3.8) is 0 Å². The zero-order valence-electron chi connectivity index (χ0n) is 16.7. The number of amides is 2. The lowest BCUT2D eigenvalue weighted by Gasteiger charge is -2.30. The molecule has 0 bridgehead atoms. The van der Waals surface area contributed by atoms with E-state index in [0.29, 0.717) is 18.0 Å². The summed E-state index contributed by atoms with van der Waals surface area (Å²) < 4.78 is 0. The molecule has 0 radical (unpaired) electrons. The van der Waals surface area contributed by atoms with E-state index in [2.05, 4.69) is 12.2 Å². The van der Waals surface area contributed by atoms with Gasteiger partial charge in [0.25, 0.3) is 5.91 Å². The van der Waals surface area contributed by atoms with Gasteiger partial charge in [0.05, 0.1) is 6.54 Å². The van der Waals surface area contributed by atoms with E-state index in [-0.39, 0.29) is 18.4 Å². The monoisotopic (exact) mass is 379 g/mol. The number of piperidine rings is 1. The number of benzene rings is 2. The van der Waals surface area contributed by atoms with Gasteiger partial charge in [-0.05, 0) is 56.0 Å². The fourth-order valence-corrected chi connectivity index (χ4v) is 3.52. The Morgan fingerprint density at radius 3 is 2.46 bits per heavy atom. The minimum absolute atomic E-state index is 0.0475. The van der Waals surface area contributed by atoms with Crippen LogP contribution in [0, 0.1) is 5.92 Å². The van der Waals surface area contributed by atoms with Crippen molar-refractivity contribution in [3.05, 3.63) is 60.2 Å². The number of carbonyl (C=O) groups excluding carboxylic acids is 2. The van der Waals surface area contributed by atoms with Crippen molar-refractivity contribution in [2.75, 3.05) is 36.4 Å². The third-order valence-corrected chi connectivity index (χ3v) is 5.32. The topological polar surface area (TPSA) is 52.7 Å². The quantitative estimate of drug-likeness (QED) is 0.825. The first-order valence-corrected chi connectivity index (χ1v) is 10.1. The first kappa shape index (κ1) is 19.9. The van der Waals surface area contributed by atoms with Gasteiger partial charge in [-0.3, -0.25) is 9.59 Å². The molecule has 0 saturated carbocycles. The van der Waals surface area contributed by atoms with Crippen molar-refractivity contribution in [2.24, 2.45) is 5.92 Å². The van der Waals surface area contributed by atoms with E-state index in [1.807, 2.05) is 66.4 Å². The molecule has 5 heteroatoms. The summed E-state index contributed by atoms with van der Waals surface area (Å²) >= 11 is 0. The molecule has 0 aromatic heterocycles. The SMILES string of the molecule is CCN(C(=O)c1cccc(NCC(=O)N2CCC(C)CC2)c1)c1ccccc1. The number of nitrogens with one attached hydrogen (secondary N) is 1. The highest BCUT2D eigenvalue weighted by molar-refractivity contribution is 6.06. The molecule has 5 nitrogen and oxygen atoms in total. The summed E-state index contributed by atoms with van der Waals surface area (Å²) in [7, 11) is 0. The van der Waals surface area contributed by atoms with Gasteiger partial charge in [-0.25, -0.2) is 0 Å². The Kier molecular flexibility index (Phi) is 6.69. The van der Waals surface area contributed by atoms with Gasteiger partial charge in [0.1, 0.15) is 0 Å². The number of para-hydroxylation sites is 1. The molecular formula is C23H29N3O2. The van der Waals surface area contributed by atoms with Gasteiger partial charge < -0.3 is 15.1 Å². The Bertz CT molecular complexity index is 799. The van der Waals surface area contributed by atoms with Gasteiger partial charge in [0.15, 0.2) is 0 Å². The Morgan fingerprint density at radius 2 is 1.79 bits per heavy atom. The summed E-state index contributed by atoms with van der Waals surface area (Å²) in [6, 6.07) is 17.0. The Hall–Kier alpha value is -2.82. The van der Waals surface area contributed by atoms with E-state index in [9.17, 15) is 9.59 Å². The molecule has 1 aliphatic heterocycles. The predicted molar refractivity (Wildman–Crippen MR) is 114 cm³/mol. The number of hydrogen-bond acceptors (Lipinski definition) is 3. The molecule has 148 valence electrons. The highest BCUT2D eigenvalue weighted by Gasteiger charge is 2.20. The molecule has 3 rings (SSSR count). The molecule has 28 heavy (non-hydrogen) atoms. The molecule has 1 fully saturated rings. The van der Waals surface area contributed by atoms with Crippen molar-refractivity contribution in [1.82, 2.24) is 4.90 Å². The van der Waals surface area contributed by atoms with Crippen LogP contribution >= 0.6 is 0 Å². The second-order valence-electron chi connectivity index (χ2n) is 7.38. The van der Waals surface area contributed by atoms with Crippen LogP contribution in [0.2, 0.25) is 0 Å². The van der Waals surface area contributed by atoms with Crippen LogP contribution in [0.5, 0.6) is 0 Å². The summed E-state index contributed by atoms with van der Waals surface area (Å²) in [5.74, 6) is 0.766. The predicted octanol–water partition coefficient (Wildman–Crippen LogP) is 4.02. The average molecular weight is 380 g/mol. The maximum absolute atomic E-state index is 13.0. The first-order chi connectivity index (χ1) is 13.6. The number of likely N-dealkylation sites (tertiary alicyclic amines) is 1. The van der Waals surface area contributed by atoms with Crippen LogP contribution in [-0.2, 0) is 4.79 Å². The molecule has 1 saturated heterocycles. The fraction of sp³-hybridized carbons (Fsp3) is 0.391. The Labute approximate surface area is 167 Å². The molecule has 2 amide bonds. The van der Waals surface area contributed by atoms with Gasteiger partial charge >= 0.3 is 0 Å². The maximum Gasteiger partial charge on any atom is 0.258 e. The molecule has 0 unspecified atom stereocenters. The molecule has 0 atom stereocenters. The normalized spacial score (nSPS) is 14.6. The zero-order valence-corrected chi connectivity index (χ0v) is 16.7. The number of anilines is 2. The third kappa shape index (κ3) is 4.91. The molecule has 1 N–H and O–H groups in total. The molecular weight excluding hydrogens is 350 g/mol. The summed E-state index contributed by atoms with van der Waals surface area (Å²) in [5, 5.41) is 3.18. The molecule has 1 aliphatic rings. The van der Waals surface area contributed by atoms with Crippen LogP contribution in [0.4, 0.5) is 11.4 Å². The van der Waals surface area contributed by atoms with E-state index in [0.717, 1.165) is 37.3 Å². The van der Waals surface area contributed by atoms with Crippen molar-refractivity contribution < 1.29 is 9.59 Å². The van der Waals surface area contributed by atoms with E-state index in [4.69, 9.17) is 0 Å². The van der Waals surface area contributed by atoms with Crippen molar-refractivity contribution in [1.29, 1.82) is 0 Å². The molecule has 1 heterocycles. The average Bonchev–Trinajstić information content (AvgIpc) is 2.74. The second-order valence-corrected chi connectivity index (χ2v) is 7.38. The number of nitrogens with zero attached hydrogens (tertiary/aromatic N) is 2. The molecule has 0 spiro atoms. The molecule has 2 aromatic carbocycles. The third-order valence-electron chi connectivity index (χ3n) is 5.32. The first-order valence-electron chi connectivity index (χ1n) is 10.1. The van der Waals surface area contributed by atoms with Crippen LogP contribution in [0.1, 0.15) is 37.0 Å². The lowest BCUT2D eigenvalue weighted by atomic mass is 9.99. The summed E-state index contributed by atoms with van der Waals surface area (Å²) in [6.07, 6.45) is 2.14. The van der Waals surface area contributed by atoms with E-state index in [1.54, 1.807) is 4.90 Å². The number of hydrogen-bond donors (Lipinski definition) is 1. The lowest BCUT2D eigenvalue weighted by molar-refractivity contribution is -0.130. The molecule has 2 aromatic rings. The Morgan fingerprint density at radius 1 is 1.07 bits per heavy atom. The van der Waals surface area contributed by atoms with Gasteiger partial charge in [0.2, 0.25) is 5.91 Å².